The number of nitrogens with two attached hydrogens (primary N) is 2. The summed E-state index contributed by atoms with van der Waals surface area (Å²) in [6.45, 7) is 4.02. The van der Waals surface area contributed by atoms with Gasteiger partial charge < -0.3 is 50.4 Å². The topological polar surface area (TPSA) is 338 Å². The number of aromatic nitrogens is 2. The molecule has 1 aromatic carbocycles. The first-order valence-corrected chi connectivity index (χ1v) is 18.6. The van der Waals surface area contributed by atoms with Gasteiger partial charge in [0.1, 0.15) is 23.9 Å². The van der Waals surface area contributed by atoms with Crippen molar-refractivity contribution in [1.82, 2.24) is 9.55 Å². The van der Waals surface area contributed by atoms with Crippen molar-refractivity contribution < 1.29 is 70.7 Å². The summed E-state index contributed by atoms with van der Waals surface area (Å²) in [5, 5.41) is 22.6. The molecule has 1 aliphatic rings. The second kappa shape index (κ2) is 16.1. The molecule has 50 heavy (non-hydrogen) atoms. The zero-order valence-corrected chi connectivity index (χ0v) is 29.5. The first-order valence-electron chi connectivity index (χ1n) is 14.1. The van der Waals surface area contributed by atoms with E-state index in [9.17, 15) is 43.5 Å². The molecule has 2 unspecified atom stereocenters. The Bertz CT molecular complexity index is 1850. The molecule has 0 bridgehead atoms. The standard InChI is InChI=1S/C25H36N5O17P3/c1-25(2,3)22(16-9-19(42-4)14(6-5-7-26)8-17(16)30(33)34)43-12-15-11-29(24(32)28-23(15)27)21-10-18(31)20(45-21)13-44-49(38,39)47-50(40,41)46-48(35,36)37/h8-9,11,18,20-22,31H,7,10,12-13,26H2,1-4H3,(H,38,39)(H,40,41)(H2,27,28,32)(H2,35,36,37)/t18-,20-,21-,22-/m1/s1. The van der Waals surface area contributed by atoms with Gasteiger partial charge in [0.05, 0.1) is 55.1 Å². The van der Waals surface area contributed by atoms with Gasteiger partial charge in [-0.1, -0.05) is 32.6 Å². The van der Waals surface area contributed by atoms with Gasteiger partial charge in [-0.3, -0.25) is 19.2 Å². The Kier molecular flexibility index (Phi) is 13.3. The number of aliphatic hydroxyl groups excluding tert-OH is 1. The van der Waals surface area contributed by atoms with Crippen LogP contribution >= 0.6 is 23.5 Å². The monoisotopic (exact) mass is 771 g/mol. The SMILES string of the molecule is COc1cc([C@@H](OCc2cn([C@H]3C[C@@H](O)[C@@H](COP(=O)(O)OP(=O)(O)OP(=O)(O)O)O3)c(=O)nc2N)C(C)(C)C)c([N+](=O)[O-])cc1C#CCN. The van der Waals surface area contributed by atoms with Crippen LogP contribution in [0.3, 0.4) is 0 Å². The molecule has 25 heteroatoms. The Balaban J connectivity index is 1.84. The average molecular weight is 772 g/mol. The Morgan fingerprint density at radius 3 is 2.40 bits per heavy atom. The minimum Gasteiger partial charge on any atom is -0.495 e. The highest BCUT2D eigenvalue weighted by Gasteiger charge is 2.43. The lowest BCUT2D eigenvalue weighted by molar-refractivity contribution is -0.386. The summed E-state index contributed by atoms with van der Waals surface area (Å²) in [6.07, 6.45) is -4.19. The summed E-state index contributed by atoms with van der Waals surface area (Å²) in [4.78, 5) is 64.4. The molecule has 1 saturated heterocycles. The highest BCUT2D eigenvalue weighted by atomic mass is 31.3. The smallest absolute Gasteiger partial charge is 0.490 e. The van der Waals surface area contributed by atoms with Crippen molar-refractivity contribution in [3.63, 3.8) is 0 Å². The van der Waals surface area contributed by atoms with Gasteiger partial charge in [0, 0.05) is 24.2 Å². The predicted molar refractivity (Wildman–Crippen MR) is 170 cm³/mol. The number of nitrogens with zero attached hydrogens (tertiary/aromatic N) is 3. The minimum atomic E-state index is -5.78. The Morgan fingerprint density at radius 2 is 1.84 bits per heavy atom. The van der Waals surface area contributed by atoms with Crippen molar-refractivity contribution in [1.29, 1.82) is 0 Å². The van der Waals surface area contributed by atoms with Crippen LogP contribution in [-0.4, -0.2) is 71.6 Å². The van der Waals surface area contributed by atoms with Gasteiger partial charge in [-0.05, 0) is 11.5 Å². The Labute approximate surface area is 283 Å². The molecular formula is C25H36N5O17P3. The molecule has 0 aliphatic carbocycles. The van der Waals surface area contributed by atoms with Crippen molar-refractivity contribution in [3.8, 4) is 17.6 Å². The molecule has 278 valence electrons. The van der Waals surface area contributed by atoms with Gasteiger partial charge in [0.2, 0.25) is 0 Å². The Morgan fingerprint density at radius 1 is 1.18 bits per heavy atom. The van der Waals surface area contributed by atoms with E-state index in [1.54, 1.807) is 20.8 Å². The van der Waals surface area contributed by atoms with Crippen molar-refractivity contribution in [3.05, 3.63) is 55.6 Å². The number of nitrogen functional groups attached to an aromatic ring is 1. The number of rotatable bonds is 14. The van der Waals surface area contributed by atoms with E-state index in [4.69, 9.17) is 35.5 Å². The van der Waals surface area contributed by atoms with Crippen LogP contribution in [0.4, 0.5) is 11.5 Å². The predicted octanol–water partition coefficient (Wildman–Crippen LogP) is 1.35. The van der Waals surface area contributed by atoms with Crippen LogP contribution < -0.4 is 21.9 Å². The molecule has 2 aromatic rings. The number of anilines is 1. The third-order valence-corrected chi connectivity index (χ3v) is 10.5. The lowest BCUT2D eigenvalue weighted by Gasteiger charge is -2.31. The normalized spacial score (nSPS) is 21.0. The number of phosphoric ester groups is 1. The molecule has 0 saturated carbocycles. The minimum absolute atomic E-state index is 0.0115. The van der Waals surface area contributed by atoms with Crippen molar-refractivity contribution in [2.45, 2.75) is 58.3 Å². The zero-order valence-electron chi connectivity index (χ0n) is 26.8. The number of hydrogen-bond acceptors (Lipinski definition) is 16. The zero-order chi connectivity index (χ0) is 37.8. The quantitative estimate of drug-likeness (QED) is 0.0616. The second-order valence-corrected chi connectivity index (χ2v) is 16.0. The van der Waals surface area contributed by atoms with Gasteiger partial charge in [-0.25, -0.2) is 18.5 Å². The fourth-order valence-electron chi connectivity index (χ4n) is 4.69. The summed E-state index contributed by atoms with van der Waals surface area (Å²) in [5.41, 5.74) is 9.98. The summed E-state index contributed by atoms with van der Waals surface area (Å²) in [7, 11) is -15.6. The van der Waals surface area contributed by atoms with E-state index in [-0.39, 0.29) is 53.5 Å². The van der Waals surface area contributed by atoms with E-state index in [0.29, 0.717) is 0 Å². The first kappa shape index (κ1) is 41.3. The summed E-state index contributed by atoms with van der Waals surface area (Å²) in [5.74, 6) is 5.36. The number of hydrogen-bond donors (Lipinski definition) is 7. The van der Waals surface area contributed by atoms with Gasteiger partial charge in [-0.15, -0.1) is 0 Å². The summed E-state index contributed by atoms with van der Waals surface area (Å²) in [6, 6.07) is 2.69. The number of methoxy groups -OCH3 is 1. The molecule has 0 amide bonds. The molecule has 1 fully saturated rings. The fraction of sp³-hybridized carbons (Fsp3) is 0.520. The van der Waals surface area contributed by atoms with Crippen LogP contribution in [0.2, 0.25) is 0 Å². The van der Waals surface area contributed by atoms with E-state index >= 15 is 0 Å². The van der Waals surface area contributed by atoms with Crippen molar-refractivity contribution in [2.75, 3.05) is 26.0 Å². The number of nitro groups is 1. The molecule has 0 spiro atoms. The molecule has 22 nitrogen and oxygen atoms in total. The van der Waals surface area contributed by atoms with E-state index in [0.717, 1.165) is 4.57 Å². The number of nitro benzene ring substituents is 1. The lowest BCUT2D eigenvalue weighted by Crippen LogP contribution is -2.30. The third kappa shape index (κ3) is 11.2. The molecule has 3 rings (SSSR count). The number of ether oxygens (including phenoxy) is 3. The second-order valence-electron chi connectivity index (χ2n) is 11.6. The van der Waals surface area contributed by atoms with Crippen LogP contribution in [-0.2, 0) is 42.9 Å². The van der Waals surface area contributed by atoms with Gasteiger partial charge in [-0.2, -0.15) is 13.6 Å². The van der Waals surface area contributed by atoms with Gasteiger partial charge in [0.25, 0.3) is 5.69 Å². The maximum absolute atomic E-state index is 12.8. The van der Waals surface area contributed by atoms with Crippen LogP contribution in [0, 0.1) is 27.4 Å². The van der Waals surface area contributed by atoms with E-state index in [1.165, 1.54) is 25.4 Å². The van der Waals surface area contributed by atoms with Crippen molar-refractivity contribution in [2.24, 2.45) is 11.1 Å². The highest BCUT2D eigenvalue weighted by Crippen LogP contribution is 2.66. The van der Waals surface area contributed by atoms with Crippen LogP contribution in [0.25, 0.3) is 0 Å². The molecule has 0 radical (unpaired) electrons. The van der Waals surface area contributed by atoms with Gasteiger partial charge in [0.15, 0.2) is 0 Å². The number of aliphatic hydroxyl groups is 1. The molecule has 1 aromatic heterocycles. The summed E-state index contributed by atoms with van der Waals surface area (Å²) >= 11 is 0. The Hall–Kier alpha value is -3.09. The average Bonchev–Trinajstić information content (AvgIpc) is 3.33. The van der Waals surface area contributed by atoms with E-state index in [1.807, 2.05) is 0 Å². The van der Waals surface area contributed by atoms with Crippen LogP contribution in [0.1, 0.15) is 56.2 Å². The summed E-state index contributed by atoms with van der Waals surface area (Å²) < 4.78 is 64.4. The number of benzene rings is 1. The van der Waals surface area contributed by atoms with E-state index in [2.05, 4.69) is 30.0 Å². The maximum atomic E-state index is 12.8. The molecule has 1 aliphatic heterocycles. The van der Waals surface area contributed by atoms with Crippen molar-refractivity contribution >= 4 is 35.0 Å². The molecule has 9 N–H and O–H groups in total. The molecule has 2 heterocycles. The van der Waals surface area contributed by atoms with Gasteiger partial charge >= 0.3 is 29.2 Å². The number of phosphoric acid groups is 3. The molecule has 6 atom stereocenters. The fourth-order valence-corrected chi connectivity index (χ4v) is 7.72. The lowest BCUT2D eigenvalue weighted by atomic mass is 9.83. The molecular weight excluding hydrogens is 735 g/mol. The maximum Gasteiger partial charge on any atom is 0.490 e. The highest BCUT2D eigenvalue weighted by molar-refractivity contribution is 7.66. The van der Waals surface area contributed by atoms with Crippen LogP contribution in [0.15, 0.2) is 23.1 Å². The largest absolute Gasteiger partial charge is 0.495 e. The first-order chi connectivity index (χ1) is 23.0. The van der Waals surface area contributed by atoms with Crippen LogP contribution in [0.5, 0.6) is 5.75 Å². The van der Waals surface area contributed by atoms with E-state index < -0.39 is 70.6 Å². The third-order valence-electron chi connectivity index (χ3n) is 6.74.